The number of nitrogens with zero attached hydrogens (tertiary/aromatic N) is 2. The number of hydrogen-bond donors (Lipinski definition) is 1. The number of amides is 1. The molecule has 1 N–H and O–H groups in total. The third-order valence-corrected chi connectivity index (χ3v) is 4.16. The van der Waals surface area contributed by atoms with Gasteiger partial charge in [-0.05, 0) is 68.7 Å². The van der Waals surface area contributed by atoms with Crippen molar-refractivity contribution in [3.05, 3.63) is 58.9 Å². The quantitative estimate of drug-likeness (QED) is 0.797. The van der Waals surface area contributed by atoms with Crippen LogP contribution < -0.4 is 5.32 Å². The molecule has 0 radical (unpaired) electrons. The third-order valence-electron chi connectivity index (χ3n) is 4.16. The lowest BCUT2D eigenvalue weighted by atomic mass is 10.1. The van der Waals surface area contributed by atoms with Crippen molar-refractivity contribution >= 4 is 22.6 Å². The molecule has 0 aliphatic rings. The van der Waals surface area contributed by atoms with Crippen LogP contribution in [0.1, 0.15) is 22.5 Å². The Hall–Kier alpha value is -2.62. The molecule has 0 atom stereocenters. The van der Waals surface area contributed by atoms with Crippen LogP contribution in [0.5, 0.6) is 0 Å². The molecule has 3 aromatic rings. The SMILES string of the molecule is Cc1cccc(NC(=O)Cn2c(C)nc3cc(C)c(C)cc32)c1. The molecule has 0 saturated carbocycles. The summed E-state index contributed by atoms with van der Waals surface area (Å²) in [6.07, 6.45) is 0. The fraction of sp³-hybridized carbons (Fsp3) is 0.263. The molecule has 0 unspecified atom stereocenters. The molecular weight excluding hydrogens is 286 g/mol. The number of hydrogen-bond acceptors (Lipinski definition) is 2. The first kappa shape index (κ1) is 15.3. The van der Waals surface area contributed by atoms with E-state index in [4.69, 9.17) is 0 Å². The van der Waals surface area contributed by atoms with Gasteiger partial charge in [0.2, 0.25) is 5.91 Å². The van der Waals surface area contributed by atoms with E-state index in [9.17, 15) is 4.79 Å². The van der Waals surface area contributed by atoms with Gasteiger partial charge in [-0.3, -0.25) is 4.79 Å². The summed E-state index contributed by atoms with van der Waals surface area (Å²) in [6, 6.07) is 12.0. The van der Waals surface area contributed by atoms with Crippen molar-refractivity contribution in [2.45, 2.75) is 34.2 Å². The van der Waals surface area contributed by atoms with E-state index in [0.29, 0.717) is 0 Å². The number of carbonyl (C=O) groups is 1. The molecule has 4 nitrogen and oxygen atoms in total. The Morgan fingerprint density at radius 2 is 1.83 bits per heavy atom. The fourth-order valence-corrected chi connectivity index (χ4v) is 2.77. The van der Waals surface area contributed by atoms with Gasteiger partial charge in [0.25, 0.3) is 0 Å². The highest BCUT2D eigenvalue weighted by Crippen LogP contribution is 2.21. The normalized spacial score (nSPS) is 11.0. The van der Waals surface area contributed by atoms with Gasteiger partial charge in [0.05, 0.1) is 11.0 Å². The van der Waals surface area contributed by atoms with Crippen molar-refractivity contribution in [2.24, 2.45) is 0 Å². The fourth-order valence-electron chi connectivity index (χ4n) is 2.77. The topological polar surface area (TPSA) is 46.9 Å². The summed E-state index contributed by atoms with van der Waals surface area (Å²) in [4.78, 5) is 17.0. The van der Waals surface area contributed by atoms with Crippen LogP contribution >= 0.6 is 0 Å². The van der Waals surface area contributed by atoms with E-state index in [1.807, 2.05) is 42.7 Å². The molecule has 0 aliphatic heterocycles. The van der Waals surface area contributed by atoms with Crippen LogP contribution in [0.4, 0.5) is 5.69 Å². The van der Waals surface area contributed by atoms with Crippen molar-refractivity contribution < 1.29 is 4.79 Å². The second kappa shape index (κ2) is 5.88. The number of rotatable bonds is 3. The Morgan fingerprint density at radius 1 is 1.09 bits per heavy atom. The summed E-state index contributed by atoms with van der Waals surface area (Å²) >= 11 is 0. The molecule has 1 heterocycles. The second-order valence-corrected chi connectivity index (χ2v) is 6.09. The van der Waals surface area contributed by atoms with E-state index in [-0.39, 0.29) is 12.5 Å². The summed E-state index contributed by atoms with van der Waals surface area (Å²) in [6.45, 7) is 8.36. The number of nitrogens with one attached hydrogen (secondary N) is 1. The Balaban J connectivity index is 1.87. The lowest BCUT2D eigenvalue weighted by molar-refractivity contribution is -0.116. The van der Waals surface area contributed by atoms with Gasteiger partial charge < -0.3 is 9.88 Å². The van der Waals surface area contributed by atoms with E-state index in [2.05, 4.69) is 36.3 Å². The number of aryl methyl sites for hydroxylation is 4. The molecule has 2 aromatic carbocycles. The van der Waals surface area contributed by atoms with Gasteiger partial charge in [0, 0.05) is 5.69 Å². The minimum atomic E-state index is -0.0452. The first-order valence-corrected chi connectivity index (χ1v) is 7.74. The Kier molecular flexibility index (Phi) is 3.90. The number of benzene rings is 2. The van der Waals surface area contributed by atoms with Gasteiger partial charge in [0.15, 0.2) is 0 Å². The van der Waals surface area contributed by atoms with Crippen LogP contribution in [0, 0.1) is 27.7 Å². The molecule has 1 aromatic heterocycles. The van der Waals surface area contributed by atoms with Crippen molar-refractivity contribution in [3.63, 3.8) is 0 Å². The minimum Gasteiger partial charge on any atom is -0.325 e. The molecule has 0 fully saturated rings. The van der Waals surface area contributed by atoms with E-state index in [1.165, 1.54) is 11.1 Å². The summed E-state index contributed by atoms with van der Waals surface area (Å²) in [5, 5.41) is 2.95. The van der Waals surface area contributed by atoms with E-state index < -0.39 is 0 Å². The molecule has 118 valence electrons. The highest BCUT2D eigenvalue weighted by molar-refractivity contribution is 5.92. The van der Waals surface area contributed by atoms with Crippen LogP contribution in [-0.4, -0.2) is 15.5 Å². The number of imidazole rings is 1. The first-order chi connectivity index (χ1) is 10.9. The van der Waals surface area contributed by atoms with Crippen LogP contribution in [0.15, 0.2) is 36.4 Å². The van der Waals surface area contributed by atoms with Crippen LogP contribution in [0.3, 0.4) is 0 Å². The Labute approximate surface area is 136 Å². The van der Waals surface area contributed by atoms with Crippen molar-refractivity contribution in [3.8, 4) is 0 Å². The molecule has 4 heteroatoms. The lowest BCUT2D eigenvalue weighted by Gasteiger charge is -2.09. The summed E-state index contributed by atoms with van der Waals surface area (Å²) in [7, 11) is 0. The van der Waals surface area contributed by atoms with Gasteiger partial charge in [-0.15, -0.1) is 0 Å². The Morgan fingerprint density at radius 3 is 2.57 bits per heavy atom. The third kappa shape index (κ3) is 3.11. The molecule has 0 saturated heterocycles. The maximum absolute atomic E-state index is 12.4. The second-order valence-electron chi connectivity index (χ2n) is 6.09. The number of aromatic nitrogens is 2. The first-order valence-electron chi connectivity index (χ1n) is 7.74. The van der Waals surface area contributed by atoms with Crippen molar-refractivity contribution in [1.29, 1.82) is 0 Å². The van der Waals surface area contributed by atoms with E-state index >= 15 is 0 Å². The van der Waals surface area contributed by atoms with Gasteiger partial charge in [-0.1, -0.05) is 12.1 Å². The maximum atomic E-state index is 12.4. The predicted molar refractivity (Wildman–Crippen MR) is 93.8 cm³/mol. The average Bonchev–Trinajstić information content (AvgIpc) is 2.75. The zero-order chi connectivity index (χ0) is 16.6. The monoisotopic (exact) mass is 307 g/mol. The number of fused-ring (bicyclic) bond motifs is 1. The zero-order valence-electron chi connectivity index (χ0n) is 14.0. The average molecular weight is 307 g/mol. The standard InChI is InChI=1S/C19H21N3O/c1-12-6-5-7-16(8-12)21-19(23)11-22-15(4)20-17-9-13(2)14(3)10-18(17)22/h5-10H,11H2,1-4H3,(H,21,23). The summed E-state index contributed by atoms with van der Waals surface area (Å²) in [5.41, 5.74) is 6.31. The van der Waals surface area contributed by atoms with Gasteiger partial charge in [-0.2, -0.15) is 0 Å². The smallest absolute Gasteiger partial charge is 0.244 e. The van der Waals surface area contributed by atoms with Gasteiger partial charge >= 0.3 is 0 Å². The molecule has 1 amide bonds. The molecule has 0 aliphatic carbocycles. The molecule has 23 heavy (non-hydrogen) atoms. The predicted octanol–water partition coefficient (Wildman–Crippen LogP) is 3.91. The highest BCUT2D eigenvalue weighted by Gasteiger charge is 2.12. The van der Waals surface area contributed by atoms with Gasteiger partial charge in [0.1, 0.15) is 12.4 Å². The maximum Gasteiger partial charge on any atom is 0.244 e. The molecule has 0 bridgehead atoms. The summed E-state index contributed by atoms with van der Waals surface area (Å²) < 4.78 is 1.97. The molecule has 3 rings (SSSR count). The Bertz CT molecular complexity index is 893. The lowest BCUT2D eigenvalue weighted by Crippen LogP contribution is -2.19. The number of anilines is 1. The van der Waals surface area contributed by atoms with Crippen LogP contribution in [-0.2, 0) is 11.3 Å². The largest absolute Gasteiger partial charge is 0.325 e. The summed E-state index contributed by atoms with van der Waals surface area (Å²) in [5.74, 6) is 0.806. The van der Waals surface area contributed by atoms with Crippen LogP contribution in [0.25, 0.3) is 11.0 Å². The van der Waals surface area contributed by atoms with Crippen molar-refractivity contribution in [1.82, 2.24) is 9.55 Å². The van der Waals surface area contributed by atoms with E-state index in [1.54, 1.807) is 0 Å². The molecule has 0 spiro atoms. The van der Waals surface area contributed by atoms with Crippen molar-refractivity contribution in [2.75, 3.05) is 5.32 Å². The zero-order valence-corrected chi connectivity index (χ0v) is 14.0. The molecular formula is C19H21N3O. The van der Waals surface area contributed by atoms with Gasteiger partial charge in [-0.25, -0.2) is 4.98 Å². The number of carbonyl (C=O) groups excluding carboxylic acids is 1. The van der Waals surface area contributed by atoms with Crippen LogP contribution in [0.2, 0.25) is 0 Å². The minimum absolute atomic E-state index is 0.0452. The highest BCUT2D eigenvalue weighted by atomic mass is 16.1. The van der Waals surface area contributed by atoms with E-state index in [0.717, 1.165) is 28.1 Å².